The molecule has 5 atom stereocenters. The maximum Gasteiger partial charge on any atom is 0.264 e. The SMILES string of the molecule is CC(C)=CCC/C(C)=C/CN1C(=O)[C@]2(O[C@H](CC(=O)N3Cc4ccccc4C[C@H]3CO)[C@@H]([Si](C)(C)F)[C@@H]2C)c2cc(Br)ccc21. The molecule has 1 N–H and O–H groups in total. The van der Waals surface area contributed by atoms with Gasteiger partial charge in [-0.25, -0.2) is 0 Å². The van der Waals surface area contributed by atoms with Gasteiger partial charge in [-0.2, -0.15) is 0 Å². The first kappa shape index (κ1) is 33.8. The highest BCUT2D eigenvalue weighted by Crippen LogP contribution is 2.60. The van der Waals surface area contributed by atoms with Crippen LogP contribution in [0.25, 0.3) is 0 Å². The van der Waals surface area contributed by atoms with Crippen LogP contribution in [0.2, 0.25) is 18.6 Å². The predicted molar refractivity (Wildman–Crippen MR) is 183 cm³/mol. The summed E-state index contributed by atoms with van der Waals surface area (Å²) in [6, 6.07) is 13.4. The van der Waals surface area contributed by atoms with E-state index in [0.717, 1.165) is 39.7 Å². The summed E-state index contributed by atoms with van der Waals surface area (Å²) in [5.74, 6) is -0.867. The van der Waals surface area contributed by atoms with E-state index in [-0.39, 0.29) is 30.9 Å². The van der Waals surface area contributed by atoms with Gasteiger partial charge in [0.05, 0.1) is 30.9 Å². The van der Waals surface area contributed by atoms with Crippen LogP contribution in [0.1, 0.15) is 63.6 Å². The number of nitrogens with zero attached hydrogens (tertiary/aromatic N) is 2. The van der Waals surface area contributed by atoms with Gasteiger partial charge in [0.2, 0.25) is 14.3 Å². The lowest BCUT2D eigenvalue weighted by molar-refractivity contribution is -0.150. The normalized spacial score (nSPS) is 26.3. The molecule has 9 heteroatoms. The Hall–Kier alpha value is -2.59. The van der Waals surface area contributed by atoms with E-state index in [1.807, 2.05) is 49.4 Å². The lowest BCUT2D eigenvalue weighted by Gasteiger charge is -2.37. The minimum absolute atomic E-state index is 0.0459. The highest BCUT2D eigenvalue weighted by molar-refractivity contribution is 9.10. The van der Waals surface area contributed by atoms with Crippen molar-refractivity contribution in [2.75, 3.05) is 18.1 Å². The van der Waals surface area contributed by atoms with Gasteiger partial charge >= 0.3 is 0 Å². The molecule has 1 spiro atoms. The van der Waals surface area contributed by atoms with Gasteiger partial charge in [0.15, 0.2) is 5.60 Å². The Morgan fingerprint density at radius 2 is 1.87 bits per heavy atom. The Morgan fingerprint density at radius 3 is 2.53 bits per heavy atom. The first-order valence-electron chi connectivity index (χ1n) is 16.0. The third kappa shape index (κ3) is 6.51. The van der Waals surface area contributed by atoms with Crippen LogP contribution in [-0.4, -0.2) is 55.5 Å². The first-order valence-corrected chi connectivity index (χ1v) is 19.8. The topological polar surface area (TPSA) is 70.1 Å². The molecule has 2 aromatic rings. The zero-order valence-corrected chi connectivity index (χ0v) is 29.9. The van der Waals surface area contributed by atoms with Gasteiger partial charge in [0.1, 0.15) is 0 Å². The summed E-state index contributed by atoms with van der Waals surface area (Å²) in [4.78, 5) is 32.0. The van der Waals surface area contributed by atoms with Crippen molar-refractivity contribution in [1.82, 2.24) is 4.90 Å². The third-order valence-electron chi connectivity index (χ3n) is 9.90. The molecule has 0 aromatic heterocycles. The highest BCUT2D eigenvalue weighted by Gasteiger charge is 2.67. The Kier molecular flexibility index (Phi) is 9.95. The van der Waals surface area contributed by atoms with Crippen LogP contribution in [0.4, 0.5) is 9.80 Å². The lowest BCUT2D eigenvalue weighted by Crippen LogP contribution is -2.48. The summed E-state index contributed by atoms with van der Waals surface area (Å²) in [5, 5.41) is 10.2. The molecular formula is C36H46BrFN2O4Si. The van der Waals surface area contributed by atoms with Gasteiger partial charge in [0, 0.05) is 34.6 Å². The molecular weight excluding hydrogens is 651 g/mol. The summed E-state index contributed by atoms with van der Waals surface area (Å²) in [6.07, 6.45) is 5.90. The maximum absolute atomic E-state index is 16.3. The highest BCUT2D eigenvalue weighted by atomic mass is 79.9. The molecule has 45 heavy (non-hydrogen) atoms. The average Bonchev–Trinajstić information content (AvgIpc) is 3.40. The number of fused-ring (bicyclic) bond motifs is 3. The Labute approximate surface area is 276 Å². The van der Waals surface area contributed by atoms with Crippen LogP contribution in [0.15, 0.2) is 70.2 Å². The molecule has 3 aliphatic heterocycles. The van der Waals surface area contributed by atoms with Crippen LogP contribution in [-0.2, 0) is 32.9 Å². The second kappa shape index (κ2) is 13.3. The van der Waals surface area contributed by atoms with Crippen molar-refractivity contribution in [3.05, 3.63) is 86.9 Å². The van der Waals surface area contributed by atoms with Crippen molar-refractivity contribution in [1.29, 1.82) is 0 Å². The van der Waals surface area contributed by atoms with Crippen LogP contribution < -0.4 is 4.90 Å². The van der Waals surface area contributed by atoms with E-state index in [0.29, 0.717) is 19.5 Å². The molecule has 3 heterocycles. The van der Waals surface area contributed by atoms with Crippen LogP contribution in [0.3, 0.4) is 0 Å². The molecule has 0 unspecified atom stereocenters. The number of anilines is 1. The number of hydrogen-bond acceptors (Lipinski definition) is 4. The van der Waals surface area contributed by atoms with Crippen LogP contribution in [0, 0.1) is 5.92 Å². The van der Waals surface area contributed by atoms with Gasteiger partial charge in [-0.3, -0.25) is 9.59 Å². The van der Waals surface area contributed by atoms with Crippen molar-refractivity contribution >= 4 is 41.8 Å². The summed E-state index contributed by atoms with van der Waals surface area (Å²) in [7, 11) is -3.44. The molecule has 2 aromatic carbocycles. The number of allylic oxidation sites excluding steroid dienone is 3. The van der Waals surface area contributed by atoms with E-state index >= 15 is 4.11 Å². The Balaban J connectivity index is 1.46. The molecule has 6 nitrogen and oxygen atoms in total. The predicted octanol–water partition coefficient (Wildman–Crippen LogP) is 7.60. The number of benzene rings is 2. The second-order valence-electron chi connectivity index (χ2n) is 13.8. The average molecular weight is 698 g/mol. The molecule has 0 aliphatic carbocycles. The fraction of sp³-hybridized carbons (Fsp3) is 0.500. The molecule has 3 aliphatic rings. The van der Waals surface area contributed by atoms with Crippen molar-refractivity contribution in [2.45, 2.75) is 96.3 Å². The molecule has 1 saturated heterocycles. The maximum atomic E-state index is 16.3. The molecule has 1 fully saturated rings. The van der Waals surface area contributed by atoms with Crippen molar-refractivity contribution in [2.24, 2.45) is 5.92 Å². The van der Waals surface area contributed by atoms with Crippen LogP contribution >= 0.6 is 15.9 Å². The second-order valence-corrected chi connectivity index (χ2v) is 18.5. The Morgan fingerprint density at radius 1 is 1.16 bits per heavy atom. The molecule has 0 bridgehead atoms. The van der Waals surface area contributed by atoms with Gasteiger partial charge in [-0.1, -0.05) is 70.4 Å². The van der Waals surface area contributed by atoms with E-state index in [1.54, 1.807) is 22.9 Å². The number of ether oxygens (including phenoxy) is 1. The number of carbonyl (C=O) groups is 2. The fourth-order valence-electron chi connectivity index (χ4n) is 7.67. The summed E-state index contributed by atoms with van der Waals surface area (Å²) >= 11 is 3.59. The van der Waals surface area contributed by atoms with Crippen molar-refractivity contribution in [3.8, 4) is 0 Å². The molecule has 242 valence electrons. The molecule has 0 saturated carbocycles. The van der Waals surface area contributed by atoms with E-state index in [9.17, 15) is 14.7 Å². The quantitative estimate of drug-likeness (QED) is 0.167. The van der Waals surface area contributed by atoms with Gasteiger partial charge in [-0.05, 0) is 82.5 Å². The fourth-order valence-corrected chi connectivity index (χ4v) is 10.5. The number of aliphatic hydroxyl groups is 1. The summed E-state index contributed by atoms with van der Waals surface area (Å²) in [5.41, 5.74) is 4.17. The van der Waals surface area contributed by atoms with E-state index in [2.05, 4.69) is 48.9 Å². The smallest absolute Gasteiger partial charge is 0.264 e. The number of halogens is 2. The van der Waals surface area contributed by atoms with E-state index < -0.39 is 31.6 Å². The zero-order chi connectivity index (χ0) is 32.7. The largest absolute Gasteiger partial charge is 0.394 e. The molecule has 2 amide bonds. The molecule has 5 rings (SSSR count). The number of amides is 2. The summed E-state index contributed by atoms with van der Waals surface area (Å²) in [6.45, 7) is 12.1. The van der Waals surface area contributed by atoms with E-state index in [1.165, 1.54) is 11.1 Å². The lowest BCUT2D eigenvalue weighted by atomic mass is 9.82. The number of aliphatic hydroxyl groups excluding tert-OH is 1. The van der Waals surface area contributed by atoms with Gasteiger partial charge < -0.3 is 23.8 Å². The number of carbonyl (C=O) groups excluding carboxylic acids is 2. The standard InChI is InChI=1S/C36H46BrFN2O4Si/c1-23(2)10-9-11-24(3)16-17-39-31-15-14-28(37)19-30(31)36(35(39)43)25(4)34(45(5,6)38)32(44-36)20-33(42)40-21-27-13-8-7-12-26(27)18-29(40)22-41/h7-8,10,12-16,19,25,29,32,34,41H,9,11,17-18,20-22H2,1-6H3/b24-16+/t25-,29-,32+,34-,36+/m0/s1. The third-order valence-corrected chi connectivity index (χ3v) is 12.8. The van der Waals surface area contributed by atoms with E-state index in [4.69, 9.17) is 4.74 Å². The van der Waals surface area contributed by atoms with Crippen molar-refractivity contribution in [3.63, 3.8) is 0 Å². The molecule has 0 radical (unpaired) electrons. The van der Waals surface area contributed by atoms with Gasteiger partial charge in [-0.15, -0.1) is 0 Å². The Bertz CT molecular complexity index is 1520. The van der Waals surface area contributed by atoms with Crippen molar-refractivity contribution < 1.29 is 23.5 Å². The minimum atomic E-state index is -3.44. The van der Waals surface area contributed by atoms with Gasteiger partial charge in [0.25, 0.3) is 5.91 Å². The summed E-state index contributed by atoms with van der Waals surface area (Å²) < 4.78 is 24.0. The first-order chi connectivity index (χ1) is 21.3. The monoisotopic (exact) mass is 696 g/mol. The van der Waals surface area contributed by atoms with Crippen LogP contribution in [0.5, 0.6) is 0 Å². The number of rotatable bonds is 9. The zero-order valence-electron chi connectivity index (χ0n) is 27.3. The minimum Gasteiger partial charge on any atom is -0.394 e. The number of hydrogen-bond donors (Lipinski definition) is 1.